The molecule has 1 N–H and O–H groups in total. The maximum atomic E-state index is 13.8. The lowest BCUT2D eigenvalue weighted by Gasteiger charge is -2.31. The number of carbonyl (C=O) groups is 1. The number of halogens is 2. The summed E-state index contributed by atoms with van der Waals surface area (Å²) in [5, 5.41) is 11.2. The Morgan fingerprint density at radius 1 is 1.18 bits per heavy atom. The zero-order valence-corrected chi connectivity index (χ0v) is 20.1. The van der Waals surface area contributed by atoms with Crippen LogP contribution >= 0.6 is 11.6 Å². The Morgan fingerprint density at radius 3 is 2.71 bits per heavy atom. The van der Waals surface area contributed by atoms with Crippen LogP contribution in [-0.2, 0) is 11.3 Å². The molecule has 0 saturated carbocycles. The minimum atomic E-state index is -1.32. The molecule has 1 saturated heterocycles. The largest absolute Gasteiger partial charge is 0.491 e. The molecule has 0 atom stereocenters. The zero-order chi connectivity index (χ0) is 24.1. The maximum Gasteiger partial charge on any atom is 0.342 e. The van der Waals surface area contributed by atoms with E-state index >= 15 is 0 Å². The summed E-state index contributed by atoms with van der Waals surface area (Å²) in [5.41, 5.74) is 2.09. The number of hydrogen-bond acceptors (Lipinski definition) is 4. The van der Waals surface area contributed by atoms with E-state index in [9.17, 15) is 14.3 Å². The highest BCUT2D eigenvalue weighted by Gasteiger charge is 2.24. The van der Waals surface area contributed by atoms with Crippen LogP contribution < -0.4 is 4.74 Å². The number of benzene rings is 2. The number of hydrogen-bond donors (Lipinski definition) is 1. The summed E-state index contributed by atoms with van der Waals surface area (Å²) < 4.78 is 27.3. The van der Waals surface area contributed by atoms with Crippen LogP contribution in [0, 0.1) is 5.82 Å². The molecule has 0 amide bonds. The Labute approximate surface area is 203 Å². The molecule has 0 aliphatic carbocycles. The number of ether oxygens (including phenoxy) is 2. The summed E-state index contributed by atoms with van der Waals surface area (Å²) >= 11 is 6.32. The Kier molecular flexibility index (Phi) is 8.08. The van der Waals surface area contributed by atoms with Gasteiger partial charge in [0.15, 0.2) is 0 Å². The van der Waals surface area contributed by atoms with Crippen molar-refractivity contribution in [1.82, 2.24) is 9.47 Å². The number of rotatable bonds is 10. The fraction of sp³-hybridized carbons (Fsp3) is 0.423. The van der Waals surface area contributed by atoms with Crippen LogP contribution in [0.15, 0.2) is 42.6 Å². The van der Waals surface area contributed by atoms with Crippen LogP contribution in [-0.4, -0.2) is 60.0 Å². The standard InChI is InChI=1S/C26H30ClFN2O4/c1-2-33-14-13-30-17-21(20-16-19(27)6-7-23(20)30)18-8-10-29(11-9-18)12-15-34-24-5-3-4-22(28)25(24)26(31)32/h3-7,16-18H,2,8-15H2,1H3,(H,31,32). The second kappa shape index (κ2) is 11.2. The lowest BCUT2D eigenvalue weighted by atomic mass is 9.89. The predicted molar refractivity (Wildman–Crippen MR) is 131 cm³/mol. The predicted octanol–water partition coefficient (Wildman–Crippen LogP) is 5.43. The van der Waals surface area contributed by atoms with Crippen LogP contribution in [0.5, 0.6) is 5.75 Å². The minimum Gasteiger partial charge on any atom is -0.491 e. The van der Waals surface area contributed by atoms with E-state index in [2.05, 4.69) is 27.8 Å². The molecule has 2 heterocycles. The second-order valence-corrected chi connectivity index (χ2v) is 8.96. The number of aromatic carboxylic acids is 1. The Bertz CT molecular complexity index is 1140. The molecular formula is C26H30ClFN2O4. The molecule has 0 spiro atoms. The van der Waals surface area contributed by atoms with Crippen molar-refractivity contribution in [3.8, 4) is 5.75 Å². The van der Waals surface area contributed by atoms with Crippen molar-refractivity contribution in [2.45, 2.75) is 32.2 Å². The highest BCUT2D eigenvalue weighted by atomic mass is 35.5. The van der Waals surface area contributed by atoms with E-state index in [0.29, 0.717) is 32.3 Å². The minimum absolute atomic E-state index is 0.0686. The quantitative estimate of drug-likeness (QED) is 0.386. The van der Waals surface area contributed by atoms with Gasteiger partial charge in [-0.05, 0) is 74.7 Å². The molecule has 8 heteroatoms. The topological polar surface area (TPSA) is 63.9 Å². The number of carboxylic acid groups (broad SMARTS) is 1. The normalized spacial score (nSPS) is 15.1. The van der Waals surface area contributed by atoms with E-state index in [1.54, 1.807) is 0 Å². The van der Waals surface area contributed by atoms with Crippen LogP contribution in [0.3, 0.4) is 0 Å². The van der Waals surface area contributed by atoms with E-state index in [1.807, 2.05) is 13.0 Å². The van der Waals surface area contributed by atoms with Crippen molar-refractivity contribution in [3.63, 3.8) is 0 Å². The van der Waals surface area contributed by atoms with Crippen molar-refractivity contribution in [1.29, 1.82) is 0 Å². The van der Waals surface area contributed by atoms with Gasteiger partial charge < -0.3 is 19.1 Å². The summed E-state index contributed by atoms with van der Waals surface area (Å²) in [6.07, 6.45) is 4.27. The molecule has 182 valence electrons. The molecule has 2 aromatic carbocycles. The van der Waals surface area contributed by atoms with Crippen LogP contribution in [0.1, 0.15) is 41.6 Å². The number of nitrogens with zero attached hydrogens (tertiary/aromatic N) is 2. The average molecular weight is 489 g/mol. The lowest BCUT2D eigenvalue weighted by Crippen LogP contribution is -2.36. The van der Waals surface area contributed by atoms with Crippen molar-refractivity contribution in [2.24, 2.45) is 0 Å². The van der Waals surface area contributed by atoms with Gasteiger partial charge in [0.25, 0.3) is 0 Å². The van der Waals surface area contributed by atoms with Gasteiger partial charge >= 0.3 is 5.97 Å². The number of piperidine rings is 1. The third-order valence-electron chi connectivity index (χ3n) is 6.44. The van der Waals surface area contributed by atoms with Crippen LogP contribution in [0.4, 0.5) is 4.39 Å². The first kappa shape index (κ1) is 24.5. The van der Waals surface area contributed by atoms with Gasteiger partial charge in [0, 0.05) is 41.8 Å². The van der Waals surface area contributed by atoms with Gasteiger partial charge in [-0.2, -0.15) is 0 Å². The zero-order valence-electron chi connectivity index (χ0n) is 19.3. The molecule has 0 radical (unpaired) electrons. The van der Waals surface area contributed by atoms with Gasteiger partial charge in [0.1, 0.15) is 23.7 Å². The van der Waals surface area contributed by atoms with E-state index in [4.69, 9.17) is 21.1 Å². The summed E-state index contributed by atoms with van der Waals surface area (Å²) in [6, 6.07) is 10.1. The Hall–Kier alpha value is -2.61. The monoisotopic (exact) mass is 488 g/mol. The van der Waals surface area contributed by atoms with Gasteiger partial charge in [-0.1, -0.05) is 17.7 Å². The molecule has 0 bridgehead atoms. The summed E-state index contributed by atoms with van der Waals surface area (Å²) in [7, 11) is 0. The van der Waals surface area contributed by atoms with Crippen LogP contribution in [0.25, 0.3) is 10.9 Å². The third-order valence-corrected chi connectivity index (χ3v) is 6.67. The third kappa shape index (κ3) is 5.54. The molecule has 1 aliphatic heterocycles. The van der Waals surface area contributed by atoms with Crippen molar-refractivity contribution in [3.05, 3.63) is 64.6 Å². The first-order valence-corrected chi connectivity index (χ1v) is 12.1. The fourth-order valence-corrected chi connectivity index (χ4v) is 4.87. The molecule has 1 aromatic heterocycles. The summed E-state index contributed by atoms with van der Waals surface area (Å²) in [6.45, 7) is 6.98. The van der Waals surface area contributed by atoms with E-state index in [0.717, 1.165) is 43.6 Å². The first-order valence-electron chi connectivity index (χ1n) is 11.7. The Balaban J connectivity index is 1.36. The number of likely N-dealkylation sites (tertiary alicyclic amines) is 1. The molecule has 0 unspecified atom stereocenters. The van der Waals surface area contributed by atoms with Gasteiger partial charge in [-0.15, -0.1) is 0 Å². The van der Waals surface area contributed by atoms with Gasteiger partial charge in [-0.3, -0.25) is 4.90 Å². The summed E-state index contributed by atoms with van der Waals surface area (Å²) in [5.74, 6) is -1.60. The summed E-state index contributed by atoms with van der Waals surface area (Å²) in [4.78, 5) is 13.6. The number of fused-ring (bicyclic) bond motifs is 1. The maximum absolute atomic E-state index is 13.8. The van der Waals surface area contributed by atoms with E-state index in [1.165, 1.54) is 28.6 Å². The van der Waals surface area contributed by atoms with Crippen LogP contribution in [0.2, 0.25) is 5.02 Å². The molecule has 34 heavy (non-hydrogen) atoms. The first-order chi connectivity index (χ1) is 16.5. The van der Waals surface area contributed by atoms with Gasteiger partial charge in [0.05, 0.1) is 6.61 Å². The highest BCUT2D eigenvalue weighted by molar-refractivity contribution is 6.31. The lowest BCUT2D eigenvalue weighted by molar-refractivity contribution is 0.0685. The molecule has 1 aliphatic rings. The highest BCUT2D eigenvalue weighted by Crippen LogP contribution is 2.35. The number of aromatic nitrogens is 1. The van der Waals surface area contributed by atoms with Gasteiger partial charge in [0.2, 0.25) is 0 Å². The van der Waals surface area contributed by atoms with E-state index in [-0.39, 0.29) is 5.75 Å². The second-order valence-electron chi connectivity index (χ2n) is 8.52. The number of carboxylic acids is 1. The Morgan fingerprint density at radius 2 is 1.97 bits per heavy atom. The molecule has 1 fully saturated rings. The average Bonchev–Trinajstić information content (AvgIpc) is 3.17. The van der Waals surface area contributed by atoms with E-state index < -0.39 is 17.3 Å². The van der Waals surface area contributed by atoms with Crippen molar-refractivity contribution >= 4 is 28.5 Å². The van der Waals surface area contributed by atoms with Crippen molar-refractivity contribution < 1.29 is 23.8 Å². The molecular weight excluding hydrogens is 459 g/mol. The molecule has 6 nitrogen and oxygen atoms in total. The molecule has 3 aromatic rings. The fourth-order valence-electron chi connectivity index (χ4n) is 4.70. The van der Waals surface area contributed by atoms with Crippen molar-refractivity contribution in [2.75, 3.05) is 39.5 Å². The van der Waals surface area contributed by atoms with Gasteiger partial charge in [-0.25, -0.2) is 9.18 Å². The molecule has 4 rings (SSSR count). The smallest absolute Gasteiger partial charge is 0.342 e. The SMILES string of the molecule is CCOCCn1cc(C2CCN(CCOc3cccc(F)c3C(=O)O)CC2)c2cc(Cl)ccc21.